The molecule has 0 amide bonds. The second kappa shape index (κ2) is 7.34. The lowest BCUT2D eigenvalue weighted by molar-refractivity contribution is 0.447. The summed E-state index contributed by atoms with van der Waals surface area (Å²) >= 11 is 3.75. The Kier molecular flexibility index (Phi) is 4.21. The Balaban J connectivity index is 1.62. The molecule has 0 fully saturated rings. The van der Waals surface area contributed by atoms with Gasteiger partial charge in [0.2, 0.25) is 0 Å². The zero-order valence-electron chi connectivity index (χ0n) is 20.6. The molecule has 0 atom stereocenters. The molecule has 0 N–H and O–H groups in total. The first-order valence-electron chi connectivity index (χ1n) is 12.7. The van der Waals surface area contributed by atoms with Gasteiger partial charge in [-0.3, -0.25) is 0 Å². The summed E-state index contributed by atoms with van der Waals surface area (Å²) in [5.41, 5.74) is 9.59. The molecule has 37 heavy (non-hydrogen) atoms. The van der Waals surface area contributed by atoms with Crippen LogP contribution in [0.15, 0.2) is 108 Å². The summed E-state index contributed by atoms with van der Waals surface area (Å²) in [7, 11) is 0. The topological polar surface area (TPSA) is 9.23 Å². The van der Waals surface area contributed by atoms with Crippen LogP contribution in [0.1, 0.15) is 33.4 Å². The second-order valence-corrected chi connectivity index (χ2v) is 11.3. The lowest BCUT2D eigenvalue weighted by Crippen LogP contribution is -2.32. The first kappa shape index (κ1) is 21.2. The van der Waals surface area contributed by atoms with Gasteiger partial charge >= 0.3 is 0 Å². The van der Waals surface area contributed by atoms with Gasteiger partial charge in [0, 0.05) is 26.4 Å². The molecule has 1 nitrogen and oxygen atoms in total. The van der Waals surface area contributed by atoms with E-state index in [1.807, 2.05) is 0 Å². The van der Waals surface area contributed by atoms with Crippen molar-refractivity contribution in [1.82, 2.24) is 0 Å². The van der Waals surface area contributed by atoms with Gasteiger partial charge in [0.1, 0.15) is 11.5 Å². The van der Waals surface area contributed by atoms with E-state index in [1.54, 1.807) is 0 Å². The first-order valence-corrected chi connectivity index (χ1v) is 13.5. The molecule has 0 aromatic heterocycles. The van der Waals surface area contributed by atoms with Gasteiger partial charge in [-0.1, -0.05) is 106 Å². The standard InChI is InChI=1S/C35H23BrO/c1-20-7-9-22-11-14-31-33(26(22)17-20)37-34-27-18-21(2)8-10-23(27)12-15-32(34)35(31)29-6-4-3-5-25(29)28-19-24(36)13-16-30(28)35/h3-19H,1-2H3. The summed E-state index contributed by atoms with van der Waals surface area (Å²) in [4.78, 5) is 0. The molecule has 176 valence electrons. The fraction of sp³-hybridized carbons (Fsp3) is 0.0857. The molecule has 0 saturated carbocycles. The van der Waals surface area contributed by atoms with Crippen LogP contribution < -0.4 is 4.74 Å². The maximum Gasteiger partial charge on any atom is 0.140 e. The number of hydrogen-bond acceptors (Lipinski definition) is 1. The van der Waals surface area contributed by atoms with Crippen molar-refractivity contribution in [2.45, 2.75) is 19.3 Å². The van der Waals surface area contributed by atoms with Crippen LogP contribution in [-0.2, 0) is 5.41 Å². The quantitative estimate of drug-likeness (QED) is 0.186. The van der Waals surface area contributed by atoms with Crippen molar-refractivity contribution in [2.24, 2.45) is 0 Å². The van der Waals surface area contributed by atoms with Crippen molar-refractivity contribution in [3.05, 3.63) is 141 Å². The van der Waals surface area contributed by atoms with Gasteiger partial charge in [-0.15, -0.1) is 0 Å². The Morgan fingerprint density at radius 2 is 1.08 bits per heavy atom. The zero-order chi connectivity index (χ0) is 24.9. The van der Waals surface area contributed by atoms with Crippen molar-refractivity contribution < 1.29 is 4.74 Å². The van der Waals surface area contributed by atoms with E-state index in [9.17, 15) is 0 Å². The van der Waals surface area contributed by atoms with Gasteiger partial charge in [-0.2, -0.15) is 0 Å². The molecule has 6 aromatic rings. The molecular weight excluding hydrogens is 516 g/mol. The average Bonchev–Trinajstić information content (AvgIpc) is 3.19. The summed E-state index contributed by atoms with van der Waals surface area (Å²) in [5.74, 6) is 1.93. The molecule has 1 heterocycles. The number of halogens is 1. The fourth-order valence-electron chi connectivity index (χ4n) is 6.71. The van der Waals surface area contributed by atoms with E-state index in [4.69, 9.17) is 4.74 Å². The van der Waals surface area contributed by atoms with Gasteiger partial charge in [-0.25, -0.2) is 0 Å². The van der Waals surface area contributed by atoms with Crippen LogP contribution in [-0.4, -0.2) is 0 Å². The van der Waals surface area contributed by atoms with Gasteiger partial charge in [0.05, 0.1) is 5.41 Å². The fourth-order valence-corrected chi connectivity index (χ4v) is 7.07. The summed E-state index contributed by atoms with van der Waals surface area (Å²) in [6.07, 6.45) is 0. The first-order chi connectivity index (χ1) is 18.1. The Bertz CT molecular complexity index is 1860. The smallest absolute Gasteiger partial charge is 0.140 e. The van der Waals surface area contributed by atoms with Crippen LogP contribution in [0.4, 0.5) is 0 Å². The van der Waals surface area contributed by atoms with Crippen LogP contribution in [0.3, 0.4) is 0 Å². The summed E-state index contributed by atoms with van der Waals surface area (Å²) in [5, 5.41) is 4.72. The van der Waals surface area contributed by atoms with E-state index in [0.717, 1.165) is 26.7 Å². The predicted molar refractivity (Wildman–Crippen MR) is 156 cm³/mol. The number of aryl methyl sites for hydroxylation is 2. The third-order valence-electron chi connectivity index (χ3n) is 8.27. The zero-order valence-corrected chi connectivity index (χ0v) is 22.2. The molecule has 1 aliphatic carbocycles. The van der Waals surface area contributed by atoms with Gasteiger partial charge < -0.3 is 4.74 Å². The van der Waals surface area contributed by atoms with Crippen molar-refractivity contribution in [3.63, 3.8) is 0 Å². The number of fused-ring (bicyclic) bond motifs is 13. The van der Waals surface area contributed by atoms with Crippen LogP contribution >= 0.6 is 15.9 Å². The van der Waals surface area contributed by atoms with E-state index in [-0.39, 0.29) is 0 Å². The van der Waals surface area contributed by atoms with Gasteiger partial charge in [0.15, 0.2) is 0 Å². The van der Waals surface area contributed by atoms with E-state index < -0.39 is 5.41 Å². The summed E-state index contributed by atoms with van der Waals surface area (Å²) in [6.45, 7) is 4.31. The van der Waals surface area contributed by atoms with Gasteiger partial charge in [-0.05, 0) is 71.1 Å². The Labute approximate surface area is 224 Å². The molecule has 0 unspecified atom stereocenters. The van der Waals surface area contributed by atoms with Gasteiger partial charge in [0.25, 0.3) is 0 Å². The largest absolute Gasteiger partial charge is 0.455 e. The third kappa shape index (κ3) is 2.69. The van der Waals surface area contributed by atoms with E-state index in [0.29, 0.717) is 0 Å². The second-order valence-electron chi connectivity index (χ2n) is 10.4. The molecule has 6 aromatic carbocycles. The highest BCUT2D eigenvalue weighted by Crippen LogP contribution is 2.64. The minimum absolute atomic E-state index is 0.467. The minimum Gasteiger partial charge on any atom is -0.455 e. The minimum atomic E-state index is -0.467. The highest BCUT2D eigenvalue weighted by atomic mass is 79.9. The maximum atomic E-state index is 7.05. The van der Waals surface area contributed by atoms with Crippen molar-refractivity contribution in [2.75, 3.05) is 0 Å². The number of benzene rings is 6. The van der Waals surface area contributed by atoms with Crippen LogP contribution in [0.5, 0.6) is 11.5 Å². The SMILES string of the molecule is Cc1ccc2ccc3c(c2c1)Oc1c(ccc2ccc(C)cc12)C31c2ccccc2-c2cc(Br)ccc21. The van der Waals surface area contributed by atoms with Crippen LogP contribution in [0.25, 0.3) is 32.7 Å². The molecular formula is C35H23BrO. The Morgan fingerprint density at radius 1 is 0.541 bits per heavy atom. The van der Waals surface area contributed by atoms with Crippen molar-refractivity contribution in [3.8, 4) is 22.6 Å². The van der Waals surface area contributed by atoms with Crippen LogP contribution in [0.2, 0.25) is 0 Å². The van der Waals surface area contributed by atoms with Crippen LogP contribution in [0, 0.1) is 13.8 Å². The number of rotatable bonds is 0. The molecule has 2 heteroatoms. The Morgan fingerprint density at radius 3 is 1.73 bits per heavy atom. The summed E-state index contributed by atoms with van der Waals surface area (Å²) < 4.78 is 8.14. The predicted octanol–water partition coefficient (Wildman–Crippen LogP) is 9.84. The van der Waals surface area contributed by atoms with E-state index in [1.165, 1.54) is 55.3 Å². The van der Waals surface area contributed by atoms with E-state index >= 15 is 0 Å². The highest BCUT2D eigenvalue weighted by molar-refractivity contribution is 9.10. The molecule has 2 aliphatic rings. The normalized spacial score (nSPS) is 14.2. The lowest BCUT2D eigenvalue weighted by Gasteiger charge is -2.40. The lowest BCUT2D eigenvalue weighted by atomic mass is 9.65. The Hall–Kier alpha value is -3.88. The molecule has 0 bridgehead atoms. The highest BCUT2D eigenvalue weighted by Gasteiger charge is 2.51. The van der Waals surface area contributed by atoms with E-state index in [2.05, 4.69) is 133 Å². The summed E-state index contributed by atoms with van der Waals surface area (Å²) in [6, 6.07) is 38.1. The van der Waals surface area contributed by atoms with Crippen molar-refractivity contribution in [1.29, 1.82) is 0 Å². The molecule has 1 spiro atoms. The average molecular weight is 539 g/mol. The molecule has 0 saturated heterocycles. The number of ether oxygens (including phenoxy) is 1. The monoisotopic (exact) mass is 538 g/mol. The third-order valence-corrected chi connectivity index (χ3v) is 8.77. The molecule has 0 radical (unpaired) electrons. The number of hydrogen-bond donors (Lipinski definition) is 0. The molecule has 1 aliphatic heterocycles. The van der Waals surface area contributed by atoms with Crippen molar-refractivity contribution >= 4 is 37.5 Å². The maximum absolute atomic E-state index is 7.05. The molecule has 8 rings (SSSR count).